The Hall–Kier alpha value is -1.90. The summed E-state index contributed by atoms with van der Waals surface area (Å²) in [4.78, 5) is 27.1. The second-order valence-corrected chi connectivity index (χ2v) is 7.35. The molecular weight excluding hydrogens is 284 g/mol. The smallest absolute Gasteiger partial charge is 0.411 e. The second kappa shape index (κ2) is 6.47. The molecule has 6 heteroatoms. The number of carbonyl (C=O) groups excluding carboxylic acids is 2. The molecule has 0 radical (unpaired) electrons. The van der Waals surface area contributed by atoms with Gasteiger partial charge in [-0.1, -0.05) is 5.92 Å². The van der Waals surface area contributed by atoms with Crippen molar-refractivity contribution in [3.63, 3.8) is 0 Å². The molecule has 1 aliphatic heterocycles. The minimum atomic E-state index is -0.585. The van der Waals surface area contributed by atoms with Crippen LogP contribution >= 0.6 is 0 Å². The average Bonchev–Trinajstić information content (AvgIpc) is 2.20. The van der Waals surface area contributed by atoms with E-state index in [1.165, 1.54) is 4.90 Å². The van der Waals surface area contributed by atoms with Crippen LogP contribution < -0.4 is 0 Å². The normalized spacial score (nSPS) is 15.6. The van der Waals surface area contributed by atoms with E-state index in [1.807, 2.05) is 20.8 Å². The number of likely N-dealkylation sites (tertiary alicyclic amines) is 1. The highest BCUT2D eigenvalue weighted by molar-refractivity contribution is 5.72. The Labute approximate surface area is 132 Å². The maximum Gasteiger partial charge on any atom is 0.411 e. The Bertz CT molecular complexity index is 462. The van der Waals surface area contributed by atoms with E-state index in [0.29, 0.717) is 13.1 Å². The molecule has 1 rings (SSSR count). The van der Waals surface area contributed by atoms with Crippen LogP contribution in [0.5, 0.6) is 0 Å². The van der Waals surface area contributed by atoms with Crippen molar-refractivity contribution >= 4 is 12.2 Å². The summed E-state index contributed by atoms with van der Waals surface area (Å²) in [6.07, 6.45) is 4.48. The lowest BCUT2D eigenvalue weighted by Crippen LogP contribution is -2.63. The van der Waals surface area contributed by atoms with Gasteiger partial charge in [0.1, 0.15) is 11.2 Å². The first-order valence-corrected chi connectivity index (χ1v) is 7.34. The van der Waals surface area contributed by atoms with Crippen molar-refractivity contribution in [2.24, 2.45) is 0 Å². The monoisotopic (exact) mass is 310 g/mol. The molecule has 0 aromatic heterocycles. The highest BCUT2D eigenvalue weighted by atomic mass is 16.6. The second-order valence-electron chi connectivity index (χ2n) is 7.35. The van der Waals surface area contributed by atoms with E-state index in [4.69, 9.17) is 15.9 Å². The Morgan fingerprint density at radius 2 is 1.64 bits per heavy atom. The van der Waals surface area contributed by atoms with Crippen molar-refractivity contribution in [1.82, 2.24) is 9.80 Å². The van der Waals surface area contributed by atoms with E-state index in [9.17, 15) is 9.59 Å². The summed E-state index contributed by atoms with van der Waals surface area (Å²) < 4.78 is 10.6. The number of carbonyl (C=O) groups is 2. The lowest BCUT2D eigenvalue weighted by molar-refractivity contribution is -0.0256. The molecule has 0 unspecified atom stereocenters. The van der Waals surface area contributed by atoms with Crippen molar-refractivity contribution < 1.29 is 19.1 Å². The summed E-state index contributed by atoms with van der Waals surface area (Å²) in [6, 6.07) is -0.140. The Morgan fingerprint density at radius 1 is 1.14 bits per heavy atom. The zero-order valence-corrected chi connectivity index (χ0v) is 14.3. The van der Waals surface area contributed by atoms with E-state index in [0.717, 1.165) is 0 Å². The molecule has 0 saturated carbocycles. The van der Waals surface area contributed by atoms with Gasteiger partial charge >= 0.3 is 12.2 Å². The number of rotatable bonds is 2. The van der Waals surface area contributed by atoms with Gasteiger partial charge in [-0.25, -0.2) is 9.59 Å². The average molecular weight is 310 g/mol. The van der Waals surface area contributed by atoms with Crippen LogP contribution in [-0.4, -0.2) is 58.9 Å². The molecule has 0 aromatic rings. The van der Waals surface area contributed by atoms with Gasteiger partial charge in [0.2, 0.25) is 0 Å². The maximum absolute atomic E-state index is 12.2. The van der Waals surface area contributed by atoms with Crippen LogP contribution in [0.15, 0.2) is 0 Å². The number of terminal acetylenes is 1. The third kappa shape index (κ3) is 5.47. The molecule has 2 amide bonds. The molecule has 0 atom stereocenters. The van der Waals surface area contributed by atoms with Crippen LogP contribution in [0.2, 0.25) is 0 Å². The molecule has 0 aliphatic carbocycles. The molecule has 124 valence electrons. The fraction of sp³-hybridized carbons (Fsp3) is 0.750. The lowest BCUT2D eigenvalue weighted by atomic mass is 10.1. The summed E-state index contributed by atoms with van der Waals surface area (Å²) in [5.74, 6) is 2.46. The fourth-order valence-electron chi connectivity index (χ4n) is 1.89. The quantitative estimate of drug-likeness (QED) is 0.735. The summed E-state index contributed by atoms with van der Waals surface area (Å²) in [5, 5.41) is 0. The summed E-state index contributed by atoms with van der Waals surface area (Å²) in [7, 11) is 0. The van der Waals surface area contributed by atoms with Crippen molar-refractivity contribution in [2.45, 2.75) is 58.8 Å². The van der Waals surface area contributed by atoms with Crippen LogP contribution in [-0.2, 0) is 9.47 Å². The first-order valence-electron chi connectivity index (χ1n) is 7.34. The van der Waals surface area contributed by atoms with Crippen molar-refractivity contribution in [3.8, 4) is 12.3 Å². The Morgan fingerprint density at radius 3 is 2.05 bits per heavy atom. The molecule has 1 saturated heterocycles. The molecule has 0 spiro atoms. The van der Waals surface area contributed by atoms with E-state index in [2.05, 4.69) is 5.92 Å². The van der Waals surface area contributed by atoms with Gasteiger partial charge in [-0.05, 0) is 41.5 Å². The van der Waals surface area contributed by atoms with Gasteiger partial charge in [0.05, 0.1) is 12.6 Å². The molecular formula is C16H26N2O4. The summed E-state index contributed by atoms with van der Waals surface area (Å²) in [6.45, 7) is 11.8. The molecule has 0 N–H and O–H groups in total. The third-order valence-corrected chi connectivity index (χ3v) is 2.84. The zero-order valence-electron chi connectivity index (χ0n) is 14.3. The summed E-state index contributed by atoms with van der Waals surface area (Å²) in [5.41, 5.74) is -1.12. The van der Waals surface area contributed by atoms with E-state index < -0.39 is 17.3 Å². The molecule has 0 bridgehead atoms. The van der Waals surface area contributed by atoms with Gasteiger partial charge in [-0.3, -0.25) is 4.90 Å². The standard InChI is InChI=1S/C16H26N2O4/c1-8-9-18(14(20)22-16(5,6)7)12-10-17(11-12)13(19)21-15(2,3)4/h1,12H,9-11H2,2-7H3. The van der Waals surface area contributed by atoms with E-state index >= 15 is 0 Å². The van der Waals surface area contributed by atoms with Gasteiger partial charge < -0.3 is 14.4 Å². The Kier molecular flexibility index (Phi) is 5.34. The van der Waals surface area contributed by atoms with Gasteiger partial charge in [0, 0.05) is 13.1 Å². The first-order chi connectivity index (χ1) is 9.93. The molecule has 1 aliphatic rings. The number of amides is 2. The summed E-state index contributed by atoms with van der Waals surface area (Å²) >= 11 is 0. The van der Waals surface area contributed by atoms with Gasteiger partial charge in [-0.2, -0.15) is 0 Å². The zero-order chi connectivity index (χ0) is 17.1. The number of hydrogen-bond acceptors (Lipinski definition) is 4. The van der Waals surface area contributed by atoms with Gasteiger partial charge in [0.15, 0.2) is 0 Å². The van der Waals surface area contributed by atoms with E-state index in [1.54, 1.807) is 25.7 Å². The lowest BCUT2D eigenvalue weighted by Gasteiger charge is -2.44. The van der Waals surface area contributed by atoms with Crippen LogP contribution in [0, 0.1) is 12.3 Å². The molecule has 1 fully saturated rings. The van der Waals surface area contributed by atoms with Gasteiger partial charge in [-0.15, -0.1) is 6.42 Å². The third-order valence-electron chi connectivity index (χ3n) is 2.84. The largest absolute Gasteiger partial charge is 0.444 e. The topological polar surface area (TPSA) is 59.1 Å². The molecule has 1 heterocycles. The molecule has 6 nitrogen and oxygen atoms in total. The molecule has 0 aromatic carbocycles. The van der Waals surface area contributed by atoms with Crippen LogP contribution in [0.3, 0.4) is 0 Å². The maximum atomic E-state index is 12.2. The minimum absolute atomic E-state index is 0.140. The van der Waals surface area contributed by atoms with Crippen LogP contribution in [0.1, 0.15) is 41.5 Å². The van der Waals surface area contributed by atoms with Crippen molar-refractivity contribution in [3.05, 3.63) is 0 Å². The first kappa shape index (κ1) is 18.1. The predicted octanol–water partition coefficient (Wildman–Crippen LogP) is 2.48. The highest BCUT2D eigenvalue weighted by Crippen LogP contribution is 2.21. The highest BCUT2D eigenvalue weighted by Gasteiger charge is 2.40. The van der Waals surface area contributed by atoms with Crippen molar-refractivity contribution in [2.75, 3.05) is 19.6 Å². The Balaban J connectivity index is 2.58. The van der Waals surface area contributed by atoms with Crippen LogP contribution in [0.25, 0.3) is 0 Å². The van der Waals surface area contributed by atoms with Crippen LogP contribution in [0.4, 0.5) is 9.59 Å². The molecule has 22 heavy (non-hydrogen) atoms. The SMILES string of the molecule is C#CCN(C(=O)OC(C)(C)C)C1CN(C(=O)OC(C)(C)C)C1. The number of ether oxygens (including phenoxy) is 2. The van der Waals surface area contributed by atoms with Gasteiger partial charge in [0.25, 0.3) is 0 Å². The van der Waals surface area contributed by atoms with Crippen molar-refractivity contribution in [1.29, 1.82) is 0 Å². The minimum Gasteiger partial charge on any atom is -0.444 e. The fourth-order valence-corrected chi connectivity index (χ4v) is 1.89. The predicted molar refractivity (Wildman–Crippen MR) is 83.4 cm³/mol. The number of nitrogens with zero attached hydrogens (tertiary/aromatic N) is 2. The number of hydrogen-bond donors (Lipinski definition) is 0. The van der Waals surface area contributed by atoms with E-state index in [-0.39, 0.29) is 18.7 Å².